The van der Waals surface area contributed by atoms with Crippen molar-refractivity contribution in [1.29, 1.82) is 0 Å². The van der Waals surface area contributed by atoms with Crippen LogP contribution in [-0.2, 0) is 9.53 Å². The number of hydrogen-bond acceptors (Lipinski definition) is 4. The summed E-state index contributed by atoms with van der Waals surface area (Å²) >= 11 is 1.73. The van der Waals surface area contributed by atoms with Crippen LogP contribution in [0.3, 0.4) is 0 Å². The molecule has 1 saturated heterocycles. The van der Waals surface area contributed by atoms with Crippen molar-refractivity contribution in [1.82, 2.24) is 5.32 Å². The van der Waals surface area contributed by atoms with Crippen LogP contribution in [0.2, 0.25) is 0 Å². The maximum absolute atomic E-state index is 11.0. The first-order chi connectivity index (χ1) is 7.66. The van der Waals surface area contributed by atoms with Gasteiger partial charge in [-0.15, -0.1) is 0 Å². The van der Waals surface area contributed by atoms with Crippen LogP contribution in [0, 0.1) is 0 Å². The fourth-order valence-electron chi connectivity index (χ4n) is 1.88. The van der Waals surface area contributed by atoms with Crippen molar-refractivity contribution in [2.45, 2.75) is 49.6 Å². The molecule has 5 heteroatoms. The summed E-state index contributed by atoms with van der Waals surface area (Å²) in [5.74, 6) is -0.0875. The van der Waals surface area contributed by atoms with Gasteiger partial charge in [-0.1, -0.05) is 0 Å². The molecule has 0 spiro atoms. The van der Waals surface area contributed by atoms with Gasteiger partial charge in [0, 0.05) is 23.7 Å². The zero-order valence-electron chi connectivity index (χ0n) is 9.52. The summed E-state index contributed by atoms with van der Waals surface area (Å²) in [5, 5.41) is 12.7. The number of aliphatic carboxylic acids is 1. The Morgan fingerprint density at radius 3 is 2.81 bits per heavy atom. The number of hydrogen-bond donors (Lipinski definition) is 2. The minimum atomic E-state index is -0.731. The summed E-state index contributed by atoms with van der Waals surface area (Å²) in [6.07, 6.45) is 3.55. The second kappa shape index (κ2) is 5.38. The molecule has 0 aromatic heterocycles. The van der Waals surface area contributed by atoms with E-state index in [1.807, 2.05) is 0 Å². The van der Waals surface area contributed by atoms with Gasteiger partial charge in [-0.3, -0.25) is 4.79 Å². The molecule has 0 aromatic carbocycles. The third kappa shape index (κ3) is 3.37. The lowest BCUT2D eigenvalue weighted by atomic mass is 10.3. The third-order valence-corrected chi connectivity index (χ3v) is 4.67. The topological polar surface area (TPSA) is 58.6 Å². The van der Waals surface area contributed by atoms with E-state index in [0.717, 1.165) is 25.9 Å². The highest BCUT2D eigenvalue weighted by Crippen LogP contribution is 2.27. The van der Waals surface area contributed by atoms with Crippen LogP contribution >= 0.6 is 11.8 Å². The maximum Gasteiger partial charge on any atom is 0.321 e. The van der Waals surface area contributed by atoms with Crippen LogP contribution in [0.25, 0.3) is 0 Å². The Morgan fingerprint density at radius 1 is 1.56 bits per heavy atom. The van der Waals surface area contributed by atoms with E-state index in [9.17, 15) is 4.79 Å². The summed E-state index contributed by atoms with van der Waals surface area (Å²) in [5.41, 5.74) is 0. The van der Waals surface area contributed by atoms with Crippen molar-refractivity contribution in [2.24, 2.45) is 0 Å². The maximum atomic E-state index is 11.0. The Hall–Kier alpha value is -0.260. The Kier molecular flexibility index (Phi) is 4.10. The average molecular weight is 245 g/mol. The van der Waals surface area contributed by atoms with Gasteiger partial charge in [0.15, 0.2) is 0 Å². The van der Waals surface area contributed by atoms with Crippen LogP contribution in [-0.4, -0.2) is 46.9 Å². The molecule has 3 unspecified atom stereocenters. The van der Waals surface area contributed by atoms with Crippen molar-refractivity contribution in [3.63, 3.8) is 0 Å². The molecule has 2 aliphatic rings. The lowest BCUT2D eigenvalue weighted by Gasteiger charge is -2.18. The van der Waals surface area contributed by atoms with E-state index in [-0.39, 0.29) is 6.10 Å². The largest absolute Gasteiger partial charge is 0.480 e. The van der Waals surface area contributed by atoms with Crippen molar-refractivity contribution >= 4 is 17.7 Å². The summed E-state index contributed by atoms with van der Waals surface area (Å²) in [4.78, 5) is 11.0. The first-order valence-electron chi connectivity index (χ1n) is 5.89. The number of thioether (sulfide) groups is 1. The van der Waals surface area contributed by atoms with E-state index in [2.05, 4.69) is 12.2 Å². The number of rotatable bonds is 6. The molecule has 2 N–H and O–H groups in total. The van der Waals surface area contributed by atoms with Crippen LogP contribution in [0.4, 0.5) is 0 Å². The highest BCUT2D eigenvalue weighted by atomic mass is 32.2. The van der Waals surface area contributed by atoms with E-state index in [4.69, 9.17) is 9.84 Å². The molecule has 1 aliphatic carbocycles. The Morgan fingerprint density at radius 2 is 2.31 bits per heavy atom. The fourth-order valence-corrected chi connectivity index (χ4v) is 3.17. The van der Waals surface area contributed by atoms with Gasteiger partial charge < -0.3 is 15.2 Å². The molecule has 0 radical (unpaired) electrons. The van der Waals surface area contributed by atoms with E-state index < -0.39 is 12.0 Å². The van der Waals surface area contributed by atoms with Gasteiger partial charge in [0.05, 0.1) is 6.10 Å². The van der Waals surface area contributed by atoms with Gasteiger partial charge in [-0.25, -0.2) is 0 Å². The Bertz CT molecular complexity index is 258. The van der Waals surface area contributed by atoms with Crippen molar-refractivity contribution in [3.8, 4) is 0 Å². The van der Waals surface area contributed by atoms with E-state index >= 15 is 0 Å². The van der Waals surface area contributed by atoms with Crippen molar-refractivity contribution in [3.05, 3.63) is 0 Å². The lowest BCUT2D eigenvalue weighted by Crippen LogP contribution is -2.40. The highest BCUT2D eigenvalue weighted by Gasteiger charge is 2.31. The fraction of sp³-hybridized carbons (Fsp3) is 0.909. The molecule has 0 amide bonds. The van der Waals surface area contributed by atoms with Crippen LogP contribution in [0.15, 0.2) is 0 Å². The molecular formula is C11H19NO3S. The van der Waals surface area contributed by atoms with E-state index in [1.165, 1.54) is 0 Å². The number of nitrogens with one attached hydrogen (secondary N) is 1. The second-order valence-corrected chi connectivity index (χ2v) is 5.84. The number of carboxylic acids is 1. The van der Waals surface area contributed by atoms with Crippen molar-refractivity contribution < 1.29 is 14.6 Å². The normalized spacial score (nSPS) is 31.6. The number of ether oxygens (including phenoxy) is 1. The zero-order chi connectivity index (χ0) is 11.5. The molecule has 2 fully saturated rings. The molecule has 1 aliphatic heterocycles. The summed E-state index contributed by atoms with van der Waals surface area (Å²) in [6.45, 7) is 2.88. The quantitative estimate of drug-likeness (QED) is 0.734. The van der Waals surface area contributed by atoms with Gasteiger partial charge in [0.25, 0.3) is 0 Å². The molecule has 92 valence electrons. The van der Waals surface area contributed by atoms with Crippen LogP contribution in [0.5, 0.6) is 0 Å². The molecule has 0 aromatic rings. The summed E-state index contributed by atoms with van der Waals surface area (Å²) < 4.78 is 5.46. The Labute approximate surface area is 100 Å². The summed E-state index contributed by atoms with van der Waals surface area (Å²) in [6, 6.07) is 0.0456. The highest BCUT2D eigenvalue weighted by molar-refractivity contribution is 8.00. The van der Waals surface area contributed by atoms with Gasteiger partial charge >= 0.3 is 5.97 Å². The Balaban J connectivity index is 1.74. The predicted molar refractivity (Wildman–Crippen MR) is 63.9 cm³/mol. The van der Waals surface area contributed by atoms with E-state index in [0.29, 0.717) is 17.0 Å². The predicted octanol–water partition coefficient (Wildman–Crippen LogP) is 1.10. The summed E-state index contributed by atoms with van der Waals surface area (Å²) in [7, 11) is 0. The first-order valence-corrected chi connectivity index (χ1v) is 6.93. The van der Waals surface area contributed by atoms with Gasteiger partial charge in [-0.05, 0) is 26.2 Å². The van der Waals surface area contributed by atoms with Gasteiger partial charge in [0.1, 0.15) is 6.04 Å². The minimum absolute atomic E-state index is 0.264. The SMILES string of the molecule is CC1OCCC1SCC(NC1CC1)C(=O)O. The molecule has 3 atom stereocenters. The molecule has 16 heavy (non-hydrogen) atoms. The standard InChI is InChI=1S/C11H19NO3S/c1-7-10(4-5-15-7)16-6-9(11(13)14)12-8-2-3-8/h7-10,12H,2-6H2,1H3,(H,13,14). The molecule has 0 bridgehead atoms. The van der Waals surface area contributed by atoms with Crippen LogP contribution in [0.1, 0.15) is 26.2 Å². The van der Waals surface area contributed by atoms with E-state index in [1.54, 1.807) is 11.8 Å². The molecule has 4 nitrogen and oxygen atoms in total. The molecule has 1 heterocycles. The smallest absolute Gasteiger partial charge is 0.321 e. The molecule has 2 rings (SSSR count). The molecule has 1 saturated carbocycles. The molecular weight excluding hydrogens is 226 g/mol. The lowest BCUT2D eigenvalue weighted by molar-refractivity contribution is -0.138. The average Bonchev–Trinajstić information content (AvgIpc) is 2.96. The van der Waals surface area contributed by atoms with Gasteiger partial charge in [-0.2, -0.15) is 11.8 Å². The zero-order valence-corrected chi connectivity index (χ0v) is 10.3. The number of carbonyl (C=O) groups is 1. The second-order valence-electron chi connectivity index (χ2n) is 4.57. The third-order valence-electron chi connectivity index (χ3n) is 3.10. The number of carboxylic acid groups (broad SMARTS) is 1. The monoisotopic (exact) mass is 245 g/mol. The van der Waals surface area contributed by atoms with Crippen molar-refractivity contribution in [2.75, 3.05) is 12.4 Å². The first kappa shape index (κ1) is 12.2. The van der Waals surface area contributed by atoms with Crippen LogP contribution < -0.4 is 5.32 Å². The minimum Gasteiger partial charge on any atom is -0.480 e. The van der Waals surface area contributed by atoms with Gasteiger partial charge in [0.2, 0.25) is 0 Å².